The summed E-state index contributed by atoms with van der Waals surface area (Å²) in [6.45, 7) is 3.69. The van der Waals surface area contributed by atoms with Gasteiger partial charge in [0.2, 0.25) is 21.9 Å². The van der Waals surface area contributed by atoms with Crippen LogP contribution in [0.2, 0.25) is 5.02 Å². The van der Waals surface area contributed by atoms with E-state index in [1.165, 1.54) is 33.5 Å². The van der Waals surface area contributed by atoms with E-state index in [1.54, 1.807) is 12.1 Å². The van der Waals surface area contributed by atoms with E-state index in [4.69, 9.17) is 21.1 Å². The van der Waals surface area contributed by atoms with Gasteiger partial charge in [0.05, 0.1) is 12.1 Å². The van der Waals surface area contributed by atoms with Crippen molar-refractivity contribution in [2.75, 3.05) is 18.9 Å². The van der Waals surface area contributed by atoms with Crippen molar-refractivity contribution < 1.29 is 17.9 Å². The molecule has 4 atom stereocenters. The number of anilines is 1. The molecule has 0 aliphatic heterocycles. The van der Waals surface area contributed by atoms with Crippen LogP contribution in [0.5, 0.6) is 5.88 Å². The van der Waals surface area contributed by atoms with Crippen molar-refractivity contribution in [1.82, 2.24) is 29.7 Å². The lowest BCUT2D eigenvalue weighted by atomic mass is 9.85. The lowest BCUT2D eigenvalue weighted by Crippen LogP contribution is -2.34. The van der Waals surface area contributed by atoms with Gasteiger partial charge in [-0.1, -0.05) is 37.4 Å². The van der Waals surface area contributed by atoms with E-state index in [1.807, 2.05) is 10.6 Å². The summed E-state index contributed by atoms with van der Waals surface area (Å²) in [7, 11) is -1.05. The van der Waals surface area contributed by atoms with Crippen LogP contribution in [0, 0.1) is 5.92 Å². The van der Waals surface area contributed by atoms with E-state index in [0.717, 1.165) is 25.7 Å². The average Bonchev–Trinajstić information content (AvgIpc) is 3.28. The second-order valence-corrected chi connectivity index (χ2v) is 11.4. The van der Waals surface area contributed by atoms with E-state index >= 15 is 0 Å². The fourth-order valence-electron chi connectivity index (χ4n) is 4.54. The Bertz CT molecular complexity index is 1290. The fraction of sp³-hybridized carbons (Fsp3) is 0.522. The van der Waals surface area contributed by atoms with Crippen LogP contribution >= 0.6 is 11.6 Å². The number of halogens is 1. The third-order valence-corrected chi connectivity index (χ3v) is 8.44. The zero-order valence-electron chi connectivity index (χ0n) is 20.6. The molecule has 4 rings (SSSR count). The molecule has 3 aromatic heterocycles. The Labute approximate surface area is 215 Å². The molecular weight excluding hydrogens is 506 g/mol. The molecule has 0 aromatic carbocycles. The highest BCUT2D eigenvalue weighted by Gasteiger charge is 2.36. The van der Waals surface area contributed by atoms with Crippen molar-refractivity contribution in [3.05, 3.63) is 41.4 Å². The minimum atomic E-state index is -4.00. The molecule has 11 nitrogen and oxygen atoms in total. The summed E-state index contributed by atoms with van der Waals surface area (Å²) in [4.78, 5) is 12.8. The summed E-state index contributed by atoms with van der Waals surface area (Å²) in [5.41, 5.74) is 0.544. The molecule has 1 fully saturated rings. The Morgan fingerprint density at radius 2 is 1.86 bits per heavy atom. The highest BCUT2D eigenvalue weighted by molar-refractivity contribution is 7.93. The monoisotopic (exact) mass is 535 g/mol. The van der Waals surface area contributed by atoms with Gasteiger partial charge in [-0.25, -0.2) is 23.4 Å². The van der Waals surface area contributed by atoms with Gasteiger partial charge in [-0.05, 0) is 31.7 Å². The van der Waals surface area contributed by atoms with Crippen molar-refractivity contribution in [1.29, 1.82) is 0 Å². The molecule has 1 aliphatic carbocycles. The number of ether oxygens (including phenoxy) is 2. The van der Waals surface area contributed by atoms with Gasteiger partial charge < -0.3 is 9.47 Å². The number of pyridine rings is 1. The third kappa shape index (κ3) is 5.45. The first kappa shape index (κ1) is 26.2. The lowest BCUT2D eigenvalue weighted by molar-refractivity contribution is 0.0950. The maximum atomic E-state index is 13.5. The molecule has 1 saturated carbocycles. The van der Waals surface area contributed by atoms with E-state index in [9.17, 15) is 8.42 Å². The van der Waals surface area contributed by atoms with Crippen LogP contribution in [0.25, 0.3) is 11.5 Å². The fourth-order valence-corrected chi connectivity index (χ4v) is 5.78. The maximum absolute atomic E-state index is 13.5. The Morgan fingerprint density at radius 1 is 1.14 bits per heavy atom. The number of sulfonamides is 1. The molecule has 0 bridgehead atoms. The molecule has 3 aromatic rings. The first-order valence-electron chi connectivity index (χ1n) is 11.7. The Balaban J connectivity index is 1.72. The van der Waals surface area contributed by atoms with Gasteiger partial charge >= 0.3 is 0 Å². The number of rotatable bonds is 9. The normalized spacial score (nSPS) is 20.0. The molecule has 1 aliphatic rings. The van der Waals surface area contributed by atoms with Crippen molar-refractivity contribution in [2.24, 2.45) is 5.92 Å². The molecule has 13 heteroatoms. The number of hydrogen-bond donors (Lipinski definition) is 1. The lowest BCUT2D eigenvalue weighted by Gasteiger charge is -2.32. The minimum Gasteiger partial charge on any atom is -0.481 e. The summed E-state index contributed by atoms with van der Waals surface area (Å²) >= 11 is 5.88. The first-order valence-corrected chi connectivity index (χ1v) is 13.7. The van der Waals surface area contributed by atoms with E-state index in [-0.39, 0.29) is 17.8 Å². The zero-order valence-corrected chi connectivity index (χ0v) is 22.2. The molecular formula is C23H30ClN7O4S. The van der Waals surface area contributed by atoms with Crippen LogP contribution in [-0.2, 0) is 14.8 Å². The summed E-state index contributed by atoms with van der Waals surface area (Å²) < 4.78 is 42.3. The number of methoxy groups -OCH3 is 2. The predicted molar refractivity (Wildman–Crippen MR) is 135 cm³/mol. The predicted octanol–water partition coefficient (Wildman–Crippen LogP) is 4.06. The van der Waals surface area contributed by atoms with Crippen LogP contribution in [0.1, 0.15) is 57.5 Å². The van der Waals surface area contributed by atoms with Gasteiger partial charge in [0.25, 0.3) is 0 Å². The Kier molecular flexibility index (Phi) is 8.06. The third-order valence-electron chi connectivity index (χ3n) is 6.55. The van der Waals surface area contributed by atoms with E-state index in [2.05, 4.69) is 36.8 Å². The molecule has 0 saturated heterocycles. The molecule has 0 unspecified atom stereocenters. The van der Waals surface area contributed by atoms with Crippen molar-refractivity contribution in [3.8, 4) is 17.4 Å². The molecule has 36 heavy (non-hydrogen) atoms. The highest BCUT2D eigenvalue weighted by atomic mass is 35.5. The zero-order chi connectivity index (χ0) is 25.9. The molecule has 194 valence electrons. The largest absolute Gasteiger partial charge is 0.481 e. The van der Waals surface area contributed by atoms with E-state index < -0.39 is 21.4 Å². The Hall–Kier alpha value is -2.83. The summed E-state index contributed by atoms with van der Waals surface area (Å²) in [5, 5.41) is 7.89. The molecule has 0 amide bonds. The number of nitrogens with one attached hydrogen (secondary N) is 1. The number of hydrogen-bond acceptors (Lipinski definition) is 9. The molecule has 3 heterocycles. The second kappa shape index (κ2) is 11.1. The SMILES string of the molecule is COc1cccc(-c2nnc(NS(=O)(=O)[C@@H](C)[C@H](OC)c3ncc(Cl)cn3)n2[C@@H]2CCCC[C@@H]2C)n1. The summed E-state index contributed by atoms with van der Waals surface area (Å²) in [6.07, 6.45) is 5.93. The van der Waals surface area contributed by atoms with Gasteiger partial charge in [0.15, 0.2) is 11.6 Å². The second-order valence-electron chi connectivity index (χ2n) is 8.88. The molecule has 0 spiro atoms. The topological polar surface area (TPSA) is 134 Å². The number of aromatic nitrogens is 6. The van der Waals surface area contributed by atoms with E-state index in [0.29, 0.717) is 28.3 Å². The quantitative estimate of drug-likeness (QED) is 0.430. The van der Waals surface area contributed by atoms with Crippen molar-refractivity contribution in [3.63, 3.8) is 0 Å². The van der Waals surface area contributed by atoms with Gasteiger partial charge in [-0.3, -0.25) is 9.29 Å². The minimum absolute atomic E-state index is 0.00239. The molecule has 0 radical (unpaired) electrons. The van der Waals surface area contributed by atoms with Crippen LogP contribution in [0.3, 0.4) is 0 Å². The molecule has 1 N–H and O–H groups in total. The smallest absolute Gasteiger partial charge is 0.240 e. The standard InChI is InChI=1S/C23H30ClN7O4S/c1-14-8-5-6-10-18(14)31-22(17-9-7-11-19(27-17)34-3)28-29-23(31)30-36(32,33)15(2)20(35-4)21-25-12-16(24)13-26-21/h7,9,11-15,18,20H,5-6,8,10H2,1-4H3,(H,29,30)/t14-,15-,18+,20-/m0/s1. The van der Waals surface area contributed by atoms with Gasteiger partial charge in [0.1, 0.15) is 17.0 Å². The van der Waals surface area contributed by atoms with Crippen LogP contribution in [-0.4, -0.2) is 57.6 Å². The highest BCUT2D eigenvalue weighted by Crippen LogP contribution is 2.38. The average molecular weight is 536 g/mol. The van der Waals surface area contributed by atoms with Gasteiger partial charge in [0, 0.05) is 31.6 Å². The van der Waals surface area contributed by atoms with Crippen molar-refractivity contribution in [2.45, 2.75) is 56.9 Å². The first-order chi connectivity index (χ1) is 17.2. The van der Waals surface area contributed by atoms with Gasteiger partial charge in [-0.2, -0.15) is 0 Å². The number of nitrogens with zero attached hydrogens (tertiary/aromatic N) is 6. The Morgan fingerprint density at radius 3 is 2.53 bits per heavy atom. The van der Waals surface area contributed by atoms with Crippen LogP contribution < -0.4 is 9.46 Å². The van der Waals surface area contributed by atoms with Crippen LogP contribution in [0.4, 0.5) is 5.95 Å². The van der Waals surface area contributed by atoms with Gasteiger partial charge in [-0.15, -0.1) is 10.2 Å². The van der Waals surface area contributed by atoms with Crippen LogP contribution in [0.15, 0.2) is 30.6 Å². The summed E-state index contributed by atoms with van der Waals surface area (Å²) in [6, 6.07) is 5.35. The van der Waals surface area contributed by atoms with Crippen molar-refractivity contribution >= 4 is 27.6 Å². The summed E-state index contributed by atoms with van der Waals surface area (Å²) in [5.74, 6) is 1.55. The maximum Gasteiger partial charge on any atom is 0.240 e.